The van der Waals surface area contributed by atoms with Crippen LogP contribution in [-0.4, -0.2) is 19.5 Å². The molecule has 1 unspecified atom stereocenters. The van der Waals surface area contributed by atoms with Crippen molar-refractivity contribution in [3.63, 3.8) is 0 Å². The molecule has 0 saturated carbocycles. The minimum Gasteiger partial charge on any atom is -0.385 e. The summed E-state index contributed by atoms with van der Waals surface area (Å²) in [6, 6.07) is 5.84. The molecule has 1 aromatic carbocycles. The monoisotopic (exact) mass is 284 g/mol. The number of ketones is 1. The maximum atomic E-state index is 12.1. The Morgan fingerprint density at radius 3 is 2.81 bits per heavy atom. The smallest absolute Gasteiger partial charge is 0.166 e. The molecule has 3 heteroatoms. The molecule has 0 aromatic heterocycles. The number of carbonyl (C=O) groups excluding carboxylic acids is 1. The van der Waals surface area contributed by atoms with Gasteiger partial charge in [-0.15, -0.1) is 0 Å². The highest BCUT2D eigenvalue weighted by Crippen LogP contribution is 2.22. The van der Waals surface area contributed by atoms with Crippen LogP contribution in [0.3, 0.4) is 0 Å². The van der Waals surface area contributed by atoms with Crippen LogP contribution in [0.5, 0.6) is 0 Å². The Labute approximate surface area is 105 Å². The van der Waals surface area contributed by atoms with E-state index in [4.69, 9.17) is 4.74 Å². The number of methoxy groups -OCH3 is 1. The Morgan fingerprint density at radius 1 is 1.50 bits per heavy atom. The molecule has 1 aromatic rings. The number of Topliss-reactive ketones (excluding diaryl/α,β-unsaturated/α-hetero) is 1. The van der Waals surface area contributed by atoms with Crippen LogP contribution < -0.4 is 0 Å². The molecule has 0 radical (unpaired) electrons. The number of ether oxygens (including phenoxy) is 1. The predicted molar refractivity (Wildman–Crippen MR) is 68.9 cm³/mol. The SMILES string of the molecule is COCCC(C)C(=O)c1cc(C)ccc1Br. The standard InChI is InChI=1S/C13H17BrO2/c1-9-4-5-12(14)11(8-9)13(15)10(2)6-7-16-3/h4-5,8,10H,6-7H2,1-3H3. The lowest BCUT2D eigenvalue weighted by atomic mass is 9.96. The van der Waals surface area contributed by atoms with Gasteiger partial charge in [0.05, 0.1) is 0 Å². The fraction of sp³-hybridized carbons (Fsp3) is 0.462. The minimum absolute atomic E-state index is 0.00181. The highest BCUT2D eigenvalue weighted by atomic mass is 79.9. The zero-order chi connectivity index (χ0) is 12.1. The highest BCUT2D eigenvalue weighted by molar-refractivity contribution is 9.10. The number of halogens is 1. The zero-order valence-electron chi connectivity index (χ0n) is 9.92. The predicted octanol–water partition coefficient (Wildman–Crippen LogP) is 3.61. The fourth-order valence-electron chi connectivity index (χ4n) is 1.52. The number of rotatable bonds is 5. The van der Waals surface area contributed by atoms with E-state index in [0.29, 0.717) is 6.61 Å². The first-order chi connectivity index (χ1) is 7.56. The van der Waals surface area contributed by atoms with E-state index in [1.165, 1.54) is 0 Å². The molecule has 2 nitrogen and oxygen atoms in total. The van der Waals surface area contributed by atoms with Gasteiger partial charge in [-0.3, -0.25) is 4.79 Å². The van der Waals surface area contributed by atoms with Crippen LogP contribution >= 0.6 is 15.9 Å². The van der Waals surface area contributed by atoms with Crippen LogP contribution in [-0.2, 0) is 4.74 Å². The van der Waals surface area contributed by atoms with Crippen molar-refractivity contribution in [2.24, 2.45) is 5.92 Å². The molecule has 1 atom stereocenters. The highest BCUT2D eigenvalue weighted by Gasteiger charge is 2.17. The van der Waals surface area contributed by atoms with Crippen molar-refractivity contribution in [2.45, 2.75) is 20.3 Å². The lowest BCUT2D eigenvalue weighted by Crippen LogP contribution is -2.14. The third-order valence-electron chi connectivity index (χ3n) is 2.59. The van der Waals surface area contributed by atoms with Gasteiger partial charge >= 0.3 is 0 Å². The summed E-state index contributed by atoms with van der Waals surface area (Å²) in [6.45, 7) is 4.55. The van der Waals surface area contributed by atoms with Gasteiger partial charge in [0.25, 0.3) is 0 Å². The average molecular weight is 285 g/mol. The summed E-state index contributed by atoms with van der Waals surface area (Å²) >= 11 is 3.42. The molecule has 0 N–H and O–H groups in total. The summed E-state index contributed by atoms with van der Waals surface area (Å²) in [5.41, 5.74) is 1.87. The maximum Gasteiger partial charge on any atom is 0.166 e. The van der Waals surface area contributed by atoms with Crippen molar-refractivity contribution >= 4 is 21.7 Å². The summed E-state index contributed by atoms with van der Waals surface area (Å²) < 4.78 is 5.86. The van der Waals surface area contributed by atoms with Crippen LogP contribution in [0.15, 0.2) is 22.7 Å². The zero-order valence-corrected chi connectivity index (χ0v) is 11.5. The Bertz CT molecular complexity index is 374. The topological polar surface area (TPSA) is 26.3 Å². The lowest BCUT2D eigenvalue weighted by molar-refractivity contribution is 0.0893. The normalized spacial score (nSPS) is 12.5. The van der Waals surface area contributed by atoms with E-state index in [1.807, 2.05) is 32.0 Å². The molecule has 0 saturated heterocycles. The maximum absolute atomic E-state index is 12.1. The molecule has 0 heterocycles. The third-order valence-corrected chi connectivity index (χ3v) is 3.28. The Kier molecular flexibility index (Phi) is 5.16. The van der Waals surface area contributed by atoms with Crippen molar-refractivity contribution in [3.05, 3.63) is 33.8 Å². The molecule has 0 spiro atoms. The van der Waals surface area contributed by atoms with E-state index in [9.17, 15) is 4.79 Å². The summed E-state index contributed by atoms with van der Waals surface area (Å²) in [5.74, 6) is 0.172. The number of benzene rings is 1. The van der Waals surface area contributed by atoms with Gasteiger partial charge in [-0.2, -0.15) is 0 Å². The van der Waals surface area contributed by atoms with E-state index in [-0.39, 0.29) is 11.7 Å². The molecule has 0 aliphatic rings. The summed E-state index contributed by atoms with van der Waals surface area (Å²) in [5, 5.41) is 0. The molecule has 0 aliphatic heterocycles. The van der Waals surface area contributed by atoms with Gasteiger partial charge in [0.2, 0.25) is 0 Å². The quantitative estimate of drug-likeness (QED) is 0.772. The second kappa shape index (κ2) is 6.16. The van der Waals surface area contributed by atoms with Crippen molar-refractivity contribution < 1.29 is 9.53 Å². The van der Waals surface area contributed by atoms with Gasteiger partial charge in [-0.1, -0.05) is 34.5 Å². The van der Waals surface area contributed by atoms with Gasteiger partial charge in [0, 0.05) is 29.7 Å². The van der Waals surface area contributed by atoms with Crippen molar-refractivity contribution in [2.75, 3.05) is 13.7 Å². The van der Waals surface area contributed by atoms with Gasteiger partial charge in [0.15, 0.2) is 5.78 Å². The van der Waals surface area contributed by atoms with E-state index < -0.39 is 0 Å². The molecule has 1 rings (SSSR count). The number of hydrogen-bond acceptors (Lipinski definition) is 2. The minimum atomic E-state index is -0.00181. The van der Waals surface area contributed by atoms with E-state index >= 15 is 0 Å². The average Bonchev–Trinajstić information content (AvgIpc) is 2.28. The number of aryl methyl sites for hydroxylation is 1. The Hall–Kier alpha value is -0.670. The van der Waals surface area contributed by atoms with Crippen LogP contribution in [0, 0.1) is 12.8 Å². The molecule has 0 fully saturated rings. The molecule has 88 valence electrons. The molecular weight excluding hydrogens is 268 g/mol. The first kappa shape index (κ1) is 13.4. The molecular formula is C13H17BrO2. The van der Waals surface area contributed by atoms with E-state index in [1.54, 1.807) is 7.11 Å². The largest absolute Gasteiger partial charge is 0.385 e. The summed E-state index contributed by atoms with van der Waals surface area (Å²) in [4.78, 5) is 12.1. The molecule has 0 bridgehead atoms. The van der Waals surface area contributed by atoms with Crippen LogP contribution in [0.1, 0.15) is 29.3 Å². The van der Waals surface area contributed by atoms with Gasteiger partial charge < -0.3 is 4.74 Å². The van der Waals surface area contributed by atoms with E-state index in [0.717, 1.165) is 22.0 Å². The lowest BCUT2D eigenvalue weighted by Gasteiger charge is -2.11. The van der Waals surface area contributed by atoms with E-state index in [2.05, 4.69) is 15.9 Å². The van der Waals surface area contributed by atoms with Gasteiger partial charge in [-0.05, 0) is 25.5 Å². The first-order valence-corrected chi connectivity index (χ1v) is 6.15. The van der Waals surface area contributed by atoms with Gasteiger partial charge in [-0.25, -0.2) is 0 Å². The third kappa shape index (κ3) is 3.42. The number of carbonyl (C=O) groups is 1. The fourth-order valence-corrected chi connectivity index (χ4v) is 1.96. The summed E-state index contributed by atoms with van der Waals surface area (Å²) in [7, 11) is 1.65. The molecule has 0 amide bonds. The Morgan fingerprint density at radius 2 is 2.19 bits per heavy atom. The van der Waals surface area contributed by atoms with Crippen molar-refractivity contribution in [1.29, 1.82) is 0 Å². The molecule has 16 heavy (non-hydrogen) atoms. The van der Waals surface area contributed by atoms with Crippen molar-refractivity contribution in [1.82, 2.24) is 0 Å². The van der Waals surface area contributed by atoms with Crippen LogP contribution in [0.4, 0.5) is 0 Å². The van der Waals surface area contributed by atoms with Crippen LogP contribution in [0.25, 0.3) is 0 Å². The Balaban J connectivity index is 2.83. The first-order valence-electron chi connectivity index (χ1n) is 5.35. The van der Waals surface area contributed by atoms with Crippen molar-refractivity contribution in [3.8, 4) is 0 Å². The second-order valence-electron chi connectivity index (χ2n) is 4.03. The molecule has 0 aliphatic carbocycles. The number of hydrogen-bond donors (Lipinski definition) is 0. The second-order valence-corrected chi connectivity index (χ2v) is 4.88. The summed E-state index contributed by atoms with van der Waals surface area (Å²) in [6.07, 6.45) is 0.760. The van der Waals surface area contributed by atoms with Gasteiger partial charge in [0.1, 0.15) is 0 Å². The van der Waals surface area contributed by atoms with Crippen LogP contribution in [0.2, 0.25) is 0 Å².